The lowest BCUT2D eigenvalue weighted by Crippen LogP contribution is -2.04. The lowest BCUT2D eigenvalue weighted by Gasteiger charge is -2.09. The predicted molar refractivity (Wildman–Crippen MR) is 82.6 cm³/mol. The first-order valence-corrected chi connectivity index (χ1v) is 7.63. The van der Waals surface area contributed by atoms with E-state index in [1.54, 1.807) is 18.1 Å². The second kappa shape index (κ2) is 5.51. The Hall–Kier alpha value is -1.44. The molecule has 0 saturated carbocycles. The van der Waals surface area contributed by atoms with Gasteiger partial charge in [0.25, 0.3) is 0 Å². The molecular weight excluding hydrogens is 338 g/mol. The van der Waals surface area contributed by atoms with E-state index in [1.165, 1.54) is 6.33 Å². The van der Waals surface area contributed by atoms with Crippen LogP contribution in [0.5, 0.6) is 0 Å². The van der Waals surface area contributed by atoms with Crippen molar-refractivity contribution in [2.24, 2.45) is 5.73 Å². The van der Waals surface area contributed by atoms with Crippen molar-refractivity contribution in [3.8, 4) is 0 Å². The normalized spacial score (nSPS) is 12.8. The SMILES string of the molecule is C[C@H](N)c1ccc(Sc2ncnc3nc[nH]c23)c(Br)c1. The minimum absolute atomic E-state index is 0.0173. The summed E-state index contributed by atoms with van der Waals surface area (Å²) in [5.74, 6) is 0. The molecule has 0 saturated heterocycles. The van der Waals surface area contributed by atoms with Crippen LogP contribution in [0.25, 0.3) is 11.2 Å². The highest BCUT2D eigenvalue weighted by molar-refractivity contribution is 9.10. The summed E-state index contributed by atoms with van der Waals surface area (Å²) in [6.45, 7) is 1.97. The Morgan fingerprint density at radius 1 is 1.30 bits per heavy atom. The van der Waals surface area contributed by atoms with Gasteiger partial charge in [-0.15, -0.1) is 0 Å². The molecule has 3 N–H and O–H groups in total. The predicted octanol–water partition coefficient (Wildman–Crippen LogP) is 3.29. The Bertz CT molecular complexity index is 755. The summed E-state index contributed by atoms with van der Waals surface area (Å²) in [7, 11) is 0. The molecule has 0 bridgehead atoms. The summed E-state index contributed by atoms with van der Waals surface area (Å²) < 4.78 is 1.00. The molecule has 1 atom stereocenters. The second-order valence-corrected chi connectivity index (χ2v) is 6.25. The van der Waals surface area contributed by atoms with Crippen molar-refractivity contribution in [2.75, 3.05) is 0 Å². The first kappa shape index (κ1) is 13.5. The summed E-state index contributed by atoms with van der Waals surface area (Å²) in [6, 6.07) is 6.13. The average Bonchev–Trinajstić information content (AvgIpc) is 2.90. The maximum Gasteiger partial charge on any atom is 0.181 e. The number of aromatic nitrogens is 4. The Kier molecular flexibility index (Phi) is 3.73. The monoisotopic (exact) mass is 349 g/mol. The number of fused-ring (bicyclic) bond motifs is 1. The lowest BCUT2D eigenvalue weighted by atomic mass is 10.1. The van der Waals surface area contributed by atoms with Crippen LogP contribution in [0.15, 0.2) is 45.2 Å². The molecule has 0 aliphatic heterocycles. The van der Waals surface area contributed by atoms with Gasteiger partial charge in [0.05, 0.1) is 6.33 Å². The van der Waals surface area contributed by atoms with E-state index >= 15 is 0 Å². The molecular formula is C13H12BrN5S. The van der Waals surface area contributed by atoms with Gasteiger partial charge in [-0.1, -0.05) is 17.8 Å². The van der Waals surface area contributed by atoms with Crippen LogP contribution in [-0.2, 0) is 0 Å². The molecule has 2 heterocycles. The van der Waals surface area contributed by atoms with Gasteiger partial charge in [-0.2, -0.15) is 0 Å². The highest BCUT2D eigenvalue weighted by atomic mass is 79.9. The number of nitrogens with zero attached hydrogens (tertiary/aromatic N) is 3. The number of rotatable bonds is 3. The highest BCUT2D eigenvalue weighted by Crippen LogP contribution is 2.35. The summed E-state index contributed by atoms with van der Waals surface area (Å²) >= 11 is 5.14. The maximum atomic E-state index is 5.88. The zero-order valence-corrected chi connectivity index (χ0v) is 13.1. The van der Waals surface area contributed by atoms with Crippen LogP contribution >= 0.6 is 27.7 Å². The number of nitrogens with one attached hydrogen (secondary N) is 1. The van der Waals surface area contributed by atoms with Gasteiger partial charge in [0.15, 0.2) is 5.65 Å². The van der Waals surface area contributed by atoms with Crippen LogP contribution < -0.4 is 5.73 Å². The van der Waals surface area contributed by atoms with Gasteiger partial charge in [-0.3, -0.25) is 0 Å². The summed E-state index contributed by atoms with van der Waals surface area (Å²) in [4.78, 5) is 16.7. The third-order valence-electron chi connectivity index (χ3n) is 2.88. The van der Waals surface area contributed by atoms with Crippen molar-refractivity contribution >= 4 is 38.9 Å². The molecule has 0 aliphatic rings. The summed E-state index contributed by atoms with van der Waals surface area (Å²) in [5, 5.41) is 0.849. The Labute approximate surface area is 128 Å². The largest absolute Gasteiger partial charge is 0.341 e. The van der Waals surface area contributed by atoms with Crippen LogP contribution in [-0.4, -0.2) is 19.9 Å². The fourth-order valence-corrected chi connectivity index (χ4v) is 3.30. The Morgan fingerprint density at radius 3 is 2.90 bits per heavy atom. The molecule has 0 fully saturated rings. The minimum atomic E-state index is 0.0173. The molecule has 5 nitrogen and oxygen atoms in total. The third kappa shape index (κ3) is 2.56. The van der Waals surface area contributed by atoms with Gasteiger partial charge in [-0.25, -0.2) is 15.0 Å². The number of H-pyrrole nitrogens is 1. The molecule has 3 aromatic rings. The van der Waals surface area contributed by atoms with Gasteiger partial charge in [0.1, 0.15) is 16.9 Å². The summed E-state index contributed by atoms with van der Waals surface area (Å²) in [6.07, 6.45) is 3.15. The van der Waals surface area contributed by atoms with Gasteiger partial charge < -0.3 is 10.7 Å². The van der Waals surface area contributed by atoms with Crippen LogP contribution in [0.3, 0.4) is 0 Å². The topological polar surface area (TPSA) is 80.5 Å². The first-order valence-electron chi connectivity index (χ1n) is 6.02. The number of imidazole rings is 1. The van der Waals surface area contributed by atoms with E-state index in [0.29, 0.717) is 5.65 Å². The van der Waals surface area contributed by atoms with E-state index in [2.05, 4.69) is 35.9 Å². The van der Waals surface area contributed by atoms with Crippen LogP contribution in [0.1, 0.15) is 18.5 Å². The Morgan fingerprint density at radius 2 is 2.15 bits per heavy atom. The Balaban J connectivity index is 1.97. The minimum Gasteiger partial charge on any atom is -0.341 e. The van der Waals surface area contributed by atoms with E-state index in [4.69, 9.17) is 5.73 Å². The van der Waals surface area contributed by atoms with Crippen LogP contribution in [0, 0.1) is 0 Å². The van der Waals surface area contributed by atoms with Gasteiger partial charge in [0.2, 0.25) is 0 Å². The van der Waals surface area contributed by atoms with Crippen molar-refractivity contribution in [3.63, 3.8) is 0 Å². The quantitative estimate of drug-likeness (QED) is 0.709. The van der Waals surface area contributed by atoms with Crippen molar-refractivity contribution in [2.45, 2.75) is 22.9 Å². The van der Waals surface area contributed by atoms with Crippen LogP contribution in [0.2, 0.25) is 0 Å². The van der Waals surface area contributed by atoms with E-state index in [9.17, 15) is 0 Å². The molecule has 0 unspecified atom stereocenters. The van der Waals surface area contributed by atoms with Gasteiger partial charge in [-0.05, 0) is 40.5 Å². The van der Waals surface area contributed by atoms with E-state index < -0.39 is 0 Å². The van der Waals surface area contributed by atoms with Crippen molar-refractivity contribution < 1.29 is 0 Å². The van der Waals surface area contributed by atoms with E-state index in [1.807, 2.05) is 25.1 Å². The zero-order valence-electron chi connectivity index (χ0n) is 10.7. The summed E-state index contributed by atoms with van der Waals surface area (Å²) in [5.41, 5.74) is 8.50. The number of halogens is 1. The number of hydrogen-bond acceptors (Lipinski definition) is 5. The fourth-order valence-electron chi connectivity index (χ4n) is 1.81. The highest BCUT2D eigenvalue weighted by Gasteiger charge is 2.11. The number of nitrogens with two attached hydrogens (primary N) is 1. The molecule has 0 aliphatic carbocycles. The number of hydrogen-bond donors (Lipinski definition) is 2. The lowest BCUT2D eigenvalue weighted by molar-refractivity contribution is 0.815. The van der Waals surface area contributed by atoms with Crippen molar-refractivity contribution in [1.29, 1.82) is 0 Å². The number of aromatic amines is 1. The fraction of sp³-hybridized carbons (Fsp3) is 0.154. The standard InChI is InChI=1S/C13H12BrN5S/c1-7(15)8-2-3-10(9(14)4-8)20-13-11-12(17-5-16-11)18-6-19-13/h2-7H,15H2,1H3,(H,16,17,18,19)/t7-/m0/s1. The molecule has 3 rings (SSSR count). The average molecular weight is 350 g/mol. The smallest absolute Gasteiger partial charge is 0.181 e. The van der Waals surface area contributed by atoms with E-state index in [-0.39, 0.29) is 6.04 Å². The molecule has 0 radical (unpaired) electrons. The van der Waals surface area contributed by atoms with Crippen LogP contribution in [0.4, 0.5) is 0 Å². The molecule has 0 amide bonds. The second-order valence-electron chi connectivity index (χ2n) is 4.36. The molecule has 2 aromatic heterocycles. The zero-order chi connectivity index (χ0) is 14.1. The van der Waals surface area contributed by atoms with Crippen molar-refractivity contribution in [1.82, 2.24) is 19.9 Å². The molecule has 102 valence electrons. The third-order valence-corrected chi connectivity index (χ3v) is 4.87. The molecule has 7 heteroatoms. The van der Waals surface area contributed by atoms with Gasteiger partial charge >= 0.3 is 0 Å². The van der Waals surface area contributed by atoms with Gasteiger partial charge in [0, 0.05) is 15.4 Å². The van der Waals surface area contributed by atoms with E-state index in [0.717, 1.165) is 25.5 Å². The first-order chi connectivity index (χ1) is 9.65. The maximum absolute atomic E-state index is 5.88. The van der Waals surface area contributed by atoms with Crippen molar-refractivity contribution in [3.05, 3.63) is 40.9 Å². The molecule has 20 heavy (non-hydrogen) atoms. The molecule has 0 spiro atoms. The number of benzene rings is 1. The molecule has 1 aromatic carbocycles.